The van der Waals surface area contributed by atoms with Gasteiger partial charge >= 0.3 is 17.6 Å². The van der Waals surface area contributed by atoms with E-state index in [4.69, 9.17) is 9.25 Å². The molecule has 0 spiro atoms. The van der Waals surface area contributed by atoms with Crippen LogP contribution >= 0.6 is 11.3 Å². The summed E-state index contributed by atoms with van der Waals surface area (Å²) in [5.74, 6) is -5.94. The van der Waals surface area contributed by atoms with Gasteiger partial charge in [0.15, 0.2) is 11.4 Å². The molecule has 0 unspecified atom stereocenters. The molecule has 9 nitrogen and oxygen atoms in total. The van der Waals surface area contributed by atoms with Crippen LogP contribution in [0, 0.1) is 11.6 Å². The van der Waals surface area contributed by atoms with Gasteiger partial charge in [-0.2, -0.15) is 4.39 Å². The summed E-state index contributed by atoms with van der Waals surface area (Å²) in [4.78, 5) is 42.4. The minimum absolute atomic E-state index is 0.0190. The highest BCUT2D eigenvalue weighted by Crippen LogP contribution is 2.33. The van der Waals surface area contributed by atoms with E-state index in [0.29, 0.717) is 16.0 Å². The van der Waals surface area contributed by atoms with Crippen molar-refractivity contribution in [1.82, 2.24) is 4.73 Å². The fourth-order valence-electron chi connectivity index (χ4n) is 3.79. The average Bonchev–Trinajstić information content (AvgIpc) is 3.48. The molecular formula is C27H17F2NO8S. The second-order valence-electron chi connectivity index (χ2n) is 8.32. The molecule has 0 atom stereocenters. The number of nitrogens with zero attached hydrogens (tertiary/aromatic N) is 1. The lowest BCUT2D eigenvalue weighted by Gasteiger charge is -2.07. The van der Waals surface area contributed by atoms with E-state index in [2.05, 4.69) is 4.74 Å². The molecule has 0 aliphatic rings. The first-order chi connectivity index (χ1) is 18.6. The van der Waals surface area contributed by atoms with Gasteiger partial charge < -0.3 is 24.2 Å². The average molecular weight is 553 g/mol. The first kappa shape index (κ1) is 25.7. The highest BCUT2D eigenvalue weighted by molar-refractivity contribution is 7.15. The van der Waals surface area contributed by atoms with E-state index in [9.17, 15) is 33.4 Å². The summed E-state index contributed by atoms with van der Waals surface area (Å²) >= 11 is 1.27. The molecule has 12 heteroatoms. The normalized spacial score (nSPS) is 11.1. The summed E-state index contributed by atoms with van der Waals surface area (Å²) in [7, 11) is 0. The molecule has 0 saturated heterocycles. The predicted molar refractivity (Wildman–Crippen MR) is 135 cm³/mol. The molecule has 0 amide bonds. The smallest absolute Gasteiger partial charge is 0.363 e. The molecule has 2 aromatic carbocycles. The van der Waals surface area contributed by atoms with Crippen molar-refractivity contribution >= 4 is 34.2 Å². The summed E-state index contributed by atoms with van der Waals surface area (Å²) in [6.45, 7) is 0.989. The van der Waals surface area contributed by atoms with Crippen molar-refractivity contribution in [2.45, 2.75) is 13.3 Å². The van der Waals surface area contributed by atoms with Crippen LogP contribution in [0.5, 0.6) is 17.5 Å². The zero-order valence-electron chi connectivity index (χ0n) is 19.9. The fraction of sp³-hybridized carbons (Fsp3) is 0.0741. The van der Waals surface area contributed by atoms with Crippen LogP contribution in [-0.2, 0) is 11.2 Å². The zero-order valence-corrected chi connectivity index (χ0v) is 20.8. The minimum atomic E-state index is -1.29. The van der Waals surface area contributed by atoms with Crippen molar-refractivity contribution in [1.29, 1.82) is 0 Å². The van der Waals surface area contributed by atoms with Gasteiger partial charge in [-0.3, -0.25) is 4.79 Å². The topological polar surface area (TPSA) is 128 Å². The Bertz CT molecular complexity index is 1780. The Morgan fingerprint density at radius 3 is 2.36 bits per heavy atom. The van der Waals surface area contributed by atoms with Gasteiger partial charge in [-0.1, -0.05) is 12.1 Å². The number of esters is 1. The van der Waals surface area contributed by atoms with Gasteiger partial charge in [0.1, 0.15) is 0 Å². The Hall–Kier alpha value is -4.97. The van der Waals surface area contributed by atoms with E-state index in [0.717, 1.165) is 23.4 Å². The molecule has 39 heavy (non-hydrogen) atoms. The van der Waals surface area contributed by atoms with Crippen molar-refractivity contribution in [2.24, 2.45) is 0 Å². The van der Waals surface area contributed by atoms with Gasteiger partial charge in [0.25, 0.3) is 0 Å². The Labute approximate surface area is 221 Å². The predicted octanol–water partition coefficient (Wildman–Crippen LogP) is 4.80. The van der Waals surface area contributed by atoms with Crippen molar-refractivity contribution in [3.8, 4) is 28.0 Å². The number of hydrogen-bond acceptors (Lipinski definition) is 9. The van der Waals surface area contributed by atoms with Crippen LogP contribution in [0.15, 0.2) is 69.9 Å². The fourth-order valence-corrected chi connectivity index (χ4v) is 4.84. The maximum Gasteiger partial charge on any atom is 0.363 e. The highest BCUT2D eigenvalue weighted by Gasteiger charge is 2.21. The molecule has 3 aromatic heterocycles. The lowest BCUT2D eigenvalue weighted by molar-refractivity contribution is -0.132. The molecule has 0 radical (unpaired) electrons. The van der Waals surface area contributed by atoms with Gasteiger partial charge in [-0.15, -0.1) is 16.1 Å². The van der Waals surface area contributed by atoms with E-state index >= 15 is 0 Å². The summed E-state index contributed by atoms with van der Waals surface area (Å²) in [5, 5.41) is 19.2. The summed E-state index contributed by atoms with van der Waals surface area (Å²) in [6, 6.07) is 14.5. The number of halogens is 2. The van der Waals surface area contributed by atoms with Gasteiger partial charge in [-0.25, -0.2) is 14.0 Å². The van der Waals surface area contributed by atoms with Crippen molar-refractivity contribution in [3.63, 3.8) is 0 Å². The third kappa shape index (κ3) is 5.09. The van der Waals surface area contributed by atoms with E-state index in [1.54, 1.807) is 24.3 Å². The standard InChI is InChI=1S/C27H17F2NO8S/c1-13(31)36-25-19(28)12-16-11-18(27(35)37-24(16)23(25)29)20-7-6-17(39-20)10-14-2-4-15(5-3-14)26(34)38-30-21(32)8-9-22(30)33/h2-9,11-12,32-33H,10H2,1H3. The number of hydrogen-bond donors (Lipinski definition) is 2. The number of fused-ring (bicyclic) bond motifs is 1. The number of carbonyl (C=O) groups excluding carboxylic acids is 2. The van der Waals surface area contributed by atoms with Crippen LogP contribution < -0.4 is 15.2 Å². The lowest BCUT2D eigenvalue weighted by atomic mass is 10.1. The number of thiophene rings is 1. The monoisotopic (exact) mass is 553 g/mol. The largest absolute Gasteiger partial charge is 0.492 e. The van der Waals surface area contributed by atoms with Crippen molar-refractivity contribution in [3.05, 3.63) is 98.7 Å². The van der Waals surface area contributed by atoms with Crippen LogP contribution in [0.25, 0.3) is 21.4 Å². The second-order valence-corrected chi connectivity index (χ2v) is 9.49. The Kier molecular flexibility index (Phi) is 6.62. The first-order valence-corrected chi connectivity index (χ1v) is 12.1. The van der Waals surface area contributed by atoms with Gasteiger partial charge in [-0.05, 0) is 42.0 Å². The molecule has 0 saturated carbocycles. The maximum absolute atomic E-state index is 14.7. The SMILES string of the molecule is CC(=O)Oc1c(F)cc2cc(-c3ccc(Cc4ccc(C(=O)On5c(O)ccc5O)cc4)s3)c(=O)oc2c1F. The number of aromatic hydroxyl groups is 2. The molecule has 3 heterocycles. The lowest BCUT2D eigenvalue weighted by Crippen LogP contribution is -2.19. The number of rotatable bonds is 6. The summed E-state index contributed by atoms with van der Waals surface area (Å²) in [5.41, 5.74) is -0.258. The highest BCUT2D eigenvalue weighted by atomic mass is 32.1. The molecule has 0 aliphatic carbocycles. The third-order valence-electron chi connectivity index (χ3n) is 5.59. The first-order valence-electron chi connectivity index (χ1n) is 11.3. The Morgan fingerprint density at radius 1 is 1.00 bits per heavy atom. The van der Waals surface area contributed by atoms with Crippen molar-refractivity contribution in [2.75, 3.05) is 0 Å². The number of benzene rings is 2. The molecule has 2 N–H and O–H groups in total. The van der Waals surface area contributed by atoms with Crippen LogP contribution in [0.3, 0.4) is 0 Å². The quantitative estimate of drug-likeness (QED) is 0.174. The van der Waals surface area contributed by atoms with Crippen molar-refractivity contribution < 1.29 is 42.6 Å². The van der Waals surface area contributed by atoms with E-state index in [-0.39, 0.29) is 16.5 Å². The van der Waals surface area contributed by atoms with Gasteiger partial charge in [0, 0.05) is 40.6 Å². The molecular weight excluding hydrogens is 536 g/mol. The van der Waals surface area contributed by atoms with Crippen LogP contribution in [0.4, 0.5) is 8.78 Å². The molecule has 0 bridgehead atoms. The number of carbonyl (C=O) groups is 2. The van der Waals surface area contributed by atoms with Gasteiger partial charge in [0.05, 0.1) is 11.1 Å². The van der Waals surface area contributed by atoms with E-state index in [1.807, 2.05) is 0 Å². The molecule has 0 fully saturated rings. The van der Waals surface area contributed by atoms with E-state index in [1.165, 1.54) is 41.7 Å². The van der Waals surface area contributed by atoms with Crippen LogP contribution in [-0.4, -0.2) is 26.9 Å². The minimum Gasteiger partial charge on any atom is -0.492 e. The molecule has 0 aliphatic heterocycles. The molecule has 5 aromatic rings. The number of aromatic nitrogens is 1. The van der Waals surface area contributed by atoms with Gasteiger partial charge in [0.2, 0.25) is 23.3 Å². The Morgan fingerprint density at radius 2 is 1.69 bits per heavy atom. The summed E-state index contributed by atoms with van der Waals surface area (Å²) in [6.07, 6.45) is 0.451. The maximum atomic E-state index is 14.7. The Balaban J connectivity index is 1.35. The van der Waals surface area contributed by atoms with E-state index < -0.39 is 52.3 Å². The molecule has 198 valence electrons. The van der Waals surface area contributed by atoms with Crippen LogP contribution in [0.2, 0.25) is 0 Å². The molecule has 5 rings (SSSR count). The second kappa shape index (κ2) is 10.1. The third-order valence-corrected chi connectivity index (χ3v) is 6.71. The zero-order chi connectivity index (χ0) is 27.8. The van der Waals surface area contributed by atoms with Crippen LogP contribution in [0.1, 0.15) is 27.7 Å². The summed E-state index contributed by atoms with van der Waals surface area (Å²) < 4.78 is 39.3. The number of ether oxygens (including phenoxy) is 1.